The second-order valence-electron chi connectivity index (χ2n) is 0.600. The van der Waals surface area contributed by atoms with Crippen molar-refractivity contribution in [1.82, 2.24) is 0 Å². The van der Waals surface area contributed by atoms with E-state index in [9.17, 15) is 0 Å². The monoisotopic (exact) mass is 184 g/mol. The zero-order valence-electron chi connectivity index (χ0n) is 2.29. The van der Waals surface area contributed by atoms with Crippen LogP contribution in [0.5, 0.6) is 0 Å². The van der Waals surface area contributed by atoms with E-state index in [2.05, 4.69) is 50.5 Å². The summed E-state index contributed by atoms with van der Waals surface area (Å²) in [6, 6.07) is 0. The van der Waals surface area contributed by atoms with Gasteiger partial charge in [0.15, 0.2) is 0 Å². The number of hydrogen-bond donors (Lipinski definition) is 4. The summed E-state index contributed by atoms with van der Waals surface area (Å²) in [4.78, 5) is 0. The van der Waals surface area contributed by atoms with Gasteiger partial charge < -0.3 is 0 Å². The minimum absolute atomic E-state index is 0. The molecule has 0 aliphatic rings. The van der Waals surface area contributed by atoms with E-state index < -0.39 is 2.74 Å². The molecule has 0 aromatic heterocycles. The second-order valence-corrected chi connectivity index (χ2v) is 5.40. The molecule has 0 spiro atoms. The Balaban J connectivity index is 0. The van der Waals surface area contributed by atoms with Crippen molar-refractivity contribution in [2.24, 2.45) is 0 Å². The van der Waals surface area contributed by atoms with Gasteiger partial charge in [-0.25, -0.2) is 0 Å². The quantitative estimate of drug-likeness (QED) is 0.237. The van der Waals surface area contributed by atoms with Gasteiger partial charge in [0.05, 0.1) is 0 Å². The van der Waals surface area contributed by atoms with Gasteiger partial charge >= 0.3 is 51.4 Å². The van der Waals surface area contributed by atoms with Gasteiger partial charge in [-0.1, -0.05) is 0 Å². The molecule has 0 radical (unpaired) electrons. The summed E-state index contributed by atoms with van der Waals surface area (Å²) in [5.41, 5.74) is 0. The molecule has 6 heavy (non-hydrogen) atoms. The molecular formula is CH5KS4. The fraction of sp³-hybridized carbons (Fsp3) is 1.00. The molecule has 0 aromatic carbocycles. The van der Waals surface area contributed by atoms with E-state index in [0.29, 0.717) is 0 Å². The Morgan fingerprint density at radius 1 is 0.833 bits per heavy atom. The van der Waals surface area contributed by atoms with Gasteiger partial charge in [0.1, 0.15) is 2.74 Å². The van der Waals surface area contributed by atoms with Gasteiger partial charge in [-0.3, -0.25) is 0 Å². The van der Waals surface area contributed by atoms with Crippen LogP contribution in [0.3, 0.4) is 0 Å². The first-order chi connectivity index (χ1) is 2.00. The standard InChI is InChI=1S/CH4S4.K.H/c2-1(3,4)5;;/h2-5H;;. The molecule has 0 aliphatic heterocycles. The van der Waals surface area contributed by atoms with Crippen molar-refractivity contribution in [2.75, 3.05) is 0 Å². The van der Waals surface area contributed by atoms with E-state index in [1.165, 1.54) is 0 Å². The molecule has 0 bridgehead atoms. The second kappa shape index (κ2) is 4.87. The van der Waals surface area contributed by atoms with E-state index in [-0.39, 0.29) is 51.4 Å². The van der Waals surface area contributed by atoms with Gasteiger partial charge in [0.2, 0.25) is 0 Å². The molecule has 0 atom stereocenters. The van der Waals surface area contributed by atoms with Crippen molar-refractivity contribution in [3.63, 3.8) is 0 Å². The van der Waals surface area contributed by atoms with Crippen LogP contribution in [0.25, 0.3) is 0 Å². The molecule has 0 fully saturated rings. The number of thiol groups is 4. The summed E-state index contributed by atoms with van der Waals surface area (Å²) in [6.45, 7) is 0. The van der Waals surface area contributed by atoms with Crippen LogP contribution in [-0.2, 0) is 0 Å². The van der Waals surface area contributed by atoms with Gasteiger partial charge in [-0.05, 0) is 0 Å². The predicted molar refractivity (Wildman–Crippen MR) is 45.8 cm³/mol. The Labute approximate surface area is 102 Å². The first-order valence-electron chi connectivity index (χ1n) is 0.894. The molecule has 0 saturated carbocycles. The first kappa shape index (κ1) is 11.8. The van der Waals surface area contributed by atoms with Crippen LogP contribution in [0.2, 0.25) is 0 Å². The van der Waals surface area contributed by atoms with Crippen LogP contribution >= 0.6 is 50.5 Å². The van der Waals surface area contributed by atoms with Crippen LogP contribution in [0.1, 0.15) is 0 Å². The molecular weight excluding hydrogens is 179 g/mol. The summed E-state index contributed by atoms with van der Waals surface area (Å²) < 4.78 is -0.722. The first-order valence-corrected chi connectivity index (χ1v) is 2.68. The molecule has 0 heterocycles. The van der Waals surface area contributed by atoms with Crippen LogP contribution in [0.15, 0.2) is 0 Å². The maximum atomic E-state index is 3.72. The van der Waals surface area contributed by atoms with E-state index >= 15 is 0 Å². The number of hydrogen-bond acceptors (Lipinski definition) is 4. The Morgan fingerprint density at radius 2 is 0.833 bits per heavy atom. The molecule has 5 heteroatoms. The molecule has 34 valence electrons. The molecule has 0 aliphatic carbocycles. The SMILES string of the molecule is SC(S)(S)S.[KH]. The average molecular weight is 184 g/mol. The fourth-order valence-corrected chi connectivity index (χ4v) is 0. The van der Waals surface area contributed by atoms with Crippen LogP contribution in [0, 0.1) is 0 Å². The summed E-state index contributed by atoms with van der Waals surface area (Å²) >= 11 is 14.9. The third kappa shape index (κ3) is 27.8. The van der Waals surface area contributed by atoms with Crippen molar-refractivity contribution < 1.29 is 0 Å². The Kier molecular flexibility index (Phi) is 9.57. The molecule has 0 N–H and O–H groups in total. The zero-order chi connectivity index (χ0) is 4.50. The van der Waals surface area contributed by atoms with Crippen LogP contribution in [-0.4, -0.2) is 54.1 Å². The zero-order valence-corrected chi connectivity index (χ0v) is 5.87. The van der Waals surface area contributed by atoms with Gasteiger partial charge in [-0.15, -0.1) is 50.5 Å². The summed E-state index contributed by atoms with van der Waals surface area (Å²) in [7, 11) is 0. The Bertz CT molecular complexity index is 23.0. The molecule has 0 amide bonds. The third-order valence-electron chi connectivity index (χ3n) is 0. The van der Waals surface area contributed by atoms with E-state index in [1.807, 2.05) is 0 Å². The van der Waals surface area contributed by atoms with Crippen LogP contribution in [0.4, 0.5) is 0 Å². The summed E-state index contributed by atoms with van der Waals surface area (Å²) in [5.74, 6) is 0. The Hall–Kier alpha value is 3.04. The molecule has 0 unspecified atom stereocenters. The van der Waals surface area contributed by atoms with Crippen molar-refractivity contribution in [2.45, 2.75) is 2.74 Å². The minimum atomic E-state index is -0.722. The molecule has 0 aromatic rings. The van der Waals surface area contributed by atoms with Gasteiger partial charge in [0, 0.05) is 0 Å². The number of rotatable bonds is 0. The van der Waals surface area contributed by atoms with Crippen molar-refractivity contribution in [1.29, 1.82) is 0 Å². The third-order valence-corrected chi connectivity index (χ3v) is 0. The van der Waals surface area contributed by atoms with E-state index in [4.69, 9.17) is 0 Å². The Morgan fingerprint density at radius 3 is 0.833 bits per heavy atom. The fourth-order valence-electron chi connectivity index (χ4n) is 0. The van der Waals surface area contributed by atoms with Gasteiger partial charge in [0.25, 0.3) is 0 Å². The van der Waals surface area contributed by atoms with Crippen molar-refractivity contribution in [3.05, 3.63) is 0 Å². The van der Waals surface area contributed by atoms with E-state index in [0.717, 1.165) is 0 Å². The van der Waals surface area contributed by atoms with E-state index in [1.54, 1.807) is 0 Å². The normalized spacial score (nSPS) is 10.0. The molecule has 0 saturated heterocycles. The topological polar surface area (TPSA) is 0 Å². The maximum absolute atomic E-state index is 3.72. The summed E-state index contributed by atoms with van der Waals surface area (Å²) in [5, 5.41) is 0. The van der Waals surface area contributed by atoms with Crippen LogP contribution < -0.4 is 0 Å². The van der Waals surface area contributed by atoms with Gasteiger partial charge in [-0.2, -0.15) is 0 Å². The van der Waals surface area contributed by atoms with Crippen molar-refractivity contribution in [3.8, 4) is 0 Å². The predicted octanol–water partition coefficient (Wildman–Crippen LogP) is 0.668. The average Bonchev–Trinajstić information content (AvgIpc) is 0.722. The molecule has 0 nitrogen and oxygen atoms in total. The molecule has 0 rings (SSSR count). The summed E-state index contributed by atoms with van der Waals surface area (Å²) in [6.07, 6.45) is 0. The van der Waals surface area contributed by atoms with Crippen molar-refractivity contribution >= 4 is 102 Å².